The number of aliphatic hydroxyl groups is 1. The Bertz CT molecular complexity index is 217. The van der Waals surface area contributed by atoms with Gasteiger partial charge in [0.1, 0.15) is 0 Å². The zero-order chi connectivity index (χ0) is 11.5. The van der Waals surface area contributed by atoms with Gasteiger partial charge < -0.3 is 5.11 Å². The summed E-state index contributed by atoms with van der Waals surface area (Å²) in [6, 6.07) is 0. The van der Waals surface area contributed by atoms with Crippen molar-refractivity contribution in [2.45, 2.75) is 52.1 Å². The van der Waals surface area contributed by atoms with Gasteiger partial charge in [0.15, 0.2) is 5.78 Å². The molecule has 2 nitrogen and oxygen atoms in total. The van der Waals surface area contributed by atoms with Gasteiger partial charge in [-0.3, -0.25) is 4.79 Å². The molecular formula is C13H22O2. The third-order valence-electron chi connectivity index (χ3n) is 2.14. The summed E-state index contributed by atoms with van der Waals surface area (Å²) in [4.78, 5) is 10.9. The van der Waals surface area contributed by atoms with Gasteiger partial charge in [0.05, 0.1) is 6.10 Å². The lowest BCUT2D eigenvalue weighted by Gasteiger charge is -2.02. The largest absolute Gasteiger partial charge is 0.389 e. The quantitative estimate of drug-likeness (QED) is 0.494. The van der Waals surface area contributed by atoms with E-state index >= 15 is 0 Å². The molecule has 0 saturated heterocycles. The van der Waals surface area contributed by atoms with Crippen molar-refractivity contribution >= 4 is 5.78 Å². The van der Waals surface area contributed by atoms with Crippen LogP contribution in [0.5, 0.6) is 0 Å². The second-order valence-electron chi connectivity index (χ2n) is 3.60. The van der Waals surface area contributed by atoms with Crippen LogP contribution >= 0.6 is 0 Å². The number of unbranched alkanes of at least 4 members (excludes halogenated alkanes) is 1. The number of allylic oxidation sites excluding steroid dienone is 3. The van der Waals surface area contributed by atoms with Crippen LogP contribution in [0.15, 0.2) is 24.3 Å². The SMILES string of the molecule is CCCCC(O)/C=C/C/C=C/C(=O)CC. The van der Waals surface area contributed by atoms with E-state index in [9.17, 15) is 9.90 Å². The lowest BCUT2D eigenvalue weighted by Crippen LogP contribution is -2.00. The van der Waals surface area contributed by atoms with Gasteiger partial charge in [0.2, 0.25) is 0 Å². The van der Waals surface area contributed by atoms with Crippen molar-refractivity contribution < 1.29 is 9.90 Å². The Morgan fingerprint density at radius 1 is 1.33 bits per heavy atom. The smallest absolute Gasteiger partial charge is 0.155 e. The Kier molecular flexibility index (Phi) is 9.08. The molecule has 0 radical (unpaired) electrons. The summed E-state index contributed by atoms with van der Waals surface area (Å²) < 4.78 is 0. The number of hydrogen-bond acceptors (Lipinski definition) is 2. The van der Waals surface area contributed by atoms with Crippen LogP contribution in [0.25, 0.3) is 0 Å². The Morgan fingerprint density at radius 3 is 2.67 bits per heavy atom. The van der Waals surface area contributed by atoms with Crippen molar-refractivity contribution in [3.63, 3.8) is 0 Å². The molecule has 0 bridgehead atoms. The Labute approximate surface area is 92.7 Å². The van der Waals surface area contributed by atoms with Crippen LogP contribution in [0, 0.1) is 0 Å². The van der Waals surface area contributed by atoms with Crippen LogP contribution < -0.4 is 0 Å². The lowest BCUT2D eigenvalue weighted by atomic mass is 10.1. The summed E-state index contributed by atoms with van der Waals surface area (Å²) in [6.07, 6.45) is 11.1. The standard InChI is InChI=1S/C13H22O2/c1-3-5-9-13(15)11-8-6-7-10-12(14)4-2/h7-8,10-11,13,15H,3-6,9H2,1-2H3/b10-7+,11-8+. The molecule has 2 heteroatoms. The Hall–Kier alpha value is -0.890. The summed E-state index contributed by atoms with van der Waals surface area (Å²) in [5, 5.41) is 9.46. The first-order valence-corrected chi connectivity index (χ1v) is 5.74. The first-order valence-electron chi connectivity index (χ1n) is 5.74. The van der Waals surface area contributed by atoms with Crippen molar-refractivity contribution in [3.05, 3.63) is 24.3 Å². The van der Waals surface area contributed by atoms with Gasteiger partial charge in [-0.15, -0.1) is 0 Å². The molecule has 0 fully saturated rings. The van der Waals surface area contributed by atoms with Crippen LogP contribution in [0.1, 0.15) is 46.0 Å². The van der Waals surface area contributed by atoms with Crippen molar-refractivity contribution in [2.75, 3.05) is 0 Å². The van der Waals surface area contributed by atoms with Crippen LogP contribution in [0.2, 0.25) is 0 Å². The van der Waals surface area contributed by atoms with Crippen molar-refractivity contribution in [1.29, 1.82) is 0 Å². The molecule has 1 N–H and O–H groups in total. The third kappa shape index (κ3) is 9.42. The molecule has 0 saturated carbocycles. The molecule has 86 valence electrons. The number of hydrogen-bond donors (Lipinski definition) is 1. The highest BCUT2D eigenvalue weighted by molar-refractivity contribution is 5.89. The summed E-state index contributed by atoms with van der Waals surface area (Å²) in [7, 11) is 0. The van der Waals surface area contributed by atoms with Crippen molar-refractivity contribution in [1.82, 2.24) is 0 Å². The minimum absolute atomic E-state index is 0.148. The van der Waals surface area contributed by atoms with Crippen LogP contribution in [-0.2, 0) is 4.79 Å². The summed E-state index contributed by atoms with van der Waals surface area (Å²) in [5.74, 6) is 0.148. The average Bonchev–Trinajstić information content (AvgIpc) is 2.25. The van der Waals surface area contributed by atoms with E-state index in [1.54, 1.807) is 12.2 Å². The van der Waals surface area contributed by atoms with E-state index in [1.165, 1.54) is 0 Å². The molecule has 0 aromatic rings. The fourth-order valence-corrected chi connectivity index (χ4v) is 1.14. The molecule has 1 atom stereocenters. The molecule has 15 heavy (non-hydrogen) atoms. The Morgan fingerprint density at radius 2 is 2.07 bits per heavy atom. The van der Waals surface area contributed by atoms with Gasteiger partial charge in [0, 0.05) is 6.42 Å². The highest BCUT2D eigenvalue weighted by atomic mass is 16.3. The maximum atomic E-state index is 10.9. The minimum Gasteiger partial charge on any atom is -0.389 e. The van der Waals surface area contributed by atoms with Crippen molar-refractivity contribution in [2.24, 2.45) is 0 Å². The first kappa shape index (κ1) is 14.1. The van der Waals surface area contributed by atoms with Crippen LogP contribution in [0.3, 0.4) is 0 Å². The molecular weight excluding hydrogens is 188 g/mol. The van der Waals surface area contributed by atoms with E-state index in [2.05, 4.69) is 6.92 Å². The molecule has 0 aliphatic rings. The molecule has 0 heterocycles. The number of ketones is 1. The summed E-state index contributed by atoms with van der Waals surface area (Å²) in [5.41, 5.74) is 0. The zero-order valence-corrected chi connectivity index (χ0v) is 9.78. The number of carbonyl (C=O) groups excluding carboxylic acids is 1. The zero-order valence-electron chi connectivity index (χ0n) is 9.78. The van der Waals surface area contributed by atoms with Crippen LogP contribution in [0.4, 0.5) is 0 Å². The first-order chi connectivity index (χ1) is 7.20. The lowest BCUT2D eigenvalue weighted by molar-refractivity contribution is -0.114. The maximum Gasteiger partial charge on any atom is 0.155 e. The van der Waals surface area contributed by atoms with E-state index < -0.39 is 0 Å². The molecule has 1 unspecified atom stereocenters. The fraction of sp³-hybridized carbons (Fsp3) is 0.615. The molecule has 0 amide bonds. The highest BCUT2D eigenvalue weighted by Gasteiger charge is 1.95. The summed E-state index contributed by atoms with van der Waals surface area (Å²) in [6.45, 7) is 3.95. The van der Waals surface area contributed by atoms with Gasteiger partial charge >= 0.3 is 0 Å². The van der Waals surface area contributed by atoms with Gasteiger partial charge in [-0.25, -0.2) is 0 Å². The Balaban J connectivity index is 3.61. The van der Waals surface area contributed by atoms with E-state index in [0.29, 0.717) is 6.42 Å². The molecule has 0 aromatic heterocycles. The van der Waals surface area contributed by atoms with Gasteiger partial charge in [-0.05, 0) is 18.9 Å². The maximum absolute atomic E-state index is 10.9. The second-order valence-corrected chi connectivity index (χ2v) is 3.60. The average molecular weight is 210 g/mol. The second kappa shape index (κ2) is 9.66. The number of rotatable bonds is 8. The number of carbonyl (C=O) groups is 1. The van der Waals surface area contributed by atoms with Crippen molar-refractivity contribution in [3.8, 4) is 0 Å². The van der Waals surface area contributed by atoms with E-state index in [1.807, 2.05) is 19.1 Å². The molecule has 0 rings (SSSR count). The topological polar surface area (TPSA) is 37.3 Å². The summed E-state index contributed by atoms with van der Waals surface area (Å²) >= 11 is 0. The van der Waals surface area contributed by atoms with E-state index in [-0.39, 0.29) is 11.9 Å². The van der Waals surface area contributed by atoms with Gasteiger partial charge in [-0.2, -0.15) is 0 Å². The van der Waals surface area contributed by atoms with E-state index in [0.717, 1.165) is 25.7 Å². The third-order valence-corrected chi connectivity index (χ3v) is 2.14. The van der Waals surface area contributed by atoms with Gasteiger partial charge in [0.25, 0.3) is 0 Å². The van der Waals surface area contributed by atoms with E-state index in [4.69, 9.17) is 0 Å². The number of aliphatic hydroxyl groups excluding tert-OH is 1. The monoisotopic (exact) mass is 210 g/mol. The fourth-order valence-electron chi connectivity index (χ4n) is 1.14. The molecule has 0 aliphatic heterocycles. The molecule has 0 aliphatic carbocycles. The highest BCUT2D eigenvalue weighted by Crippen LogP contribution is 2.02. The normalized spacial score (nSPS) is 13.8. The minimum atomic E-state index is -0.333. The van der Waals surface area contributed by atoms with Gasteiger partial charge in [-0.1, -0.05) is 44.9 Å². The molecule has 0 spiro atoms. The predicted molar refractivity (Wildman–Crippen MR) is 63.7 cm³/mol. The molecule has 0 aromatic carbocycles. The predicted octanol–water partition coefficient (Wildman–Crippen LogP) is 3.02. The van der Waals surface area contributed by atoms with Crippen LogP contribution in [-0.4, -0.2) is 17.0 Å².